The number of rotatable bonds is 3. The van der Waals surface area contributed by atoms with E-state index in [1.807, 2.05) is 0 Å². The number of ketones is 1. The van der Waals surface area contributed by atoms with Crippen LogP contribution in [0.25, 0.3) is 5.76 Å². The number of aliphatic hydroxyl groups excluding tert-OH is 1. The van der Waals surface area contributed by atoms with E-state index in [9.17, 15) is 23.5 Å². The fourth-order valence-corrected chi connectivity index (χ4v) is 3.61. The first kappa shape index (κ1) is 17.9. The predicted molar refractivity (Wildman–Crippen MR) is 97.5 cm³/mol. The Morgan fingerprint density at radius 3 is 2.18 bits per heavy atom. The Labute approximate surface area is 161 Å². The molecule has 4 rings (SSSR count). The maximum Gasteiger partial charge on any atom is 0.301 e. The van der Waals surface area contributed by atoms with Gasteiger partial charge in [-0.05, 0) is 42.0 Å². The summed E-state index contributed by atoms with van der Waals surface area (Å²) in [4.78, 5) is 26.5. The van der Waals surface area contributed by atoms with Gasteiger partial charge in [0.1, 0.15) is 22.9 Å². The number of anilines is 1. The standard InChI is InChI=1S/C19H11F2N3O3S/c20-12-5-1-10(2-6-12)15-14(16(25)11-3-7-13(21)8-4-11)17(26)18(27)24(15)19-23-22-9-28-19/h1-9,15,25H/b16-14+/t15-/m1/s1. The topological polar surface area (TPSA) is 83.4 Å². The predicted octanol–water partition coefficient (Wildman–Crippen LogP) is 3.44. The van der Waals surface area contributed by atoms with Gasteiger partial charge in [0, 0.05) is 5.56 Å². The fourth-order valence-electron chi connectivity index (χ4n) is 3.03. The van der Waals surface area contributed by atoms with Gasteiger partial charge in [0.15, 0.2) is 0 Å². The van der Waals surface area contributed by atoms with Crippen molar-refractivity contribution in [3.05, 3.63) is 82.4 Å². The summed E-state index contributed by atoms with van der Waals surface area (Å²) in [5.74, 6) is -3.28. The van der Waals surface area contributed by atoms with Crippen molar-refractivity contribution >= 4 is 33.9 Å². The third kappa shape index (κ3) is 2.95. The third-order valence-electron chi connectivity index (χ3n) is 4.30. The number of carbonyl (C=O) groups excluding carboxylic acids is 2. The molecule has 0 saturated carbocycles. The molecule has 1 atom stereocenters. The van der Waals surface area contributed by atoms with Crippen molar-refractivity contribution in [1.82, 2.24) is 10.2 Å². The molecule has 1 amide bonds. The SMILES string of the molecule is O=C1C(=O)N(c2nncs2)[C@H](c2ccc(F)cc2)/C1=C(\O)c1ccc(F)cc1. The number of halogens is 2. The summed E-state index contributed by atoms with van der Waals surface area (Å²) < 4.78 is 26.6. The first-order chi connectivity index (χ1) is 13.5. The zero-order valence-corrected chi connectivity index (χ0v) is 14.9. The number of carbonyl (C=O) groups is 2. The zero-order valence-electron chi connectivity index (χ0n) is 14.0. The fraction of sp³-hybridized carbons (Fsp3) is 0.0526. The maximum atomic E-state index is 13.4. The van der Waals surface area contributed by atoms with Crippen LogP contribution in [0.5, 0.6) is 0 Å². The van der Waals surface area contributed by atoms with Gasteiger partial charge in [-0.15, -0.1) is 10.2 Å². The van der Waals surface area contributed by atoms with E-state index in [0.29, 0.717) is 5.56 Å². The molecule has 1 aliphatic rings. The maximum absolute atomic E-state index is 13.4. The lowest BCUT2D eigenvalue weighted by atomic mass is 9.95. The van der Waals surface area contributed by atoms with Crippen molar-refractivity contribution < 1.29 is 23.5 Å². The molecule has 0 bridgehead atoms. The molecule has 0 radical (unpaired) electrons. The first-order valence-corrected chi connectivity index (χ1v) is 8.94. The molecule has 1 saturated heterocycles. The Kier molecular flexibility index (Phi) is 4.44. The first-order valence-electron chi connectivity index (χ1n) is 8.06. The number of hydrogen-bond acceptors (Lipinski definition) is 6. The molecule has 1 N–H and O–H groups in total. The summed E-state index contributed by atoms with van der Waals surface area (Å²) in [7, 11) is 0. The van der Waals surface area contributed by atoms with E-state index in [2.05, 4.69) is 10.2 Å². The second kappa shape index (κ2) is 6.93. The van der Waals surface area contributed by atoms with E-state index in [1.54, 1.807) is 0 Å². The molecule has 28 heavy (non-hydrogen) atoms. The molecule has 2 heterocycles. The van der Waals surface area contributed by atoms with Crippen LogP contribution in [0.2, 0.25) is 0 Å². The van der Waals surface area contributed by atoms with Crippen molar-refractivity contribution in [2.75, 3.05) is 4.90 Å². The van der Waals surface area contributed by atoms with Crippen molar-refractivity contribution in [2.24, 2.45) is 0 Å². The molecule has 1 aliphatic heterocycles. The smallest absolute Gasteiger partial charge is 0.301 e. The van der Waals surface area contributed by atoms with Gasteiger partial charge in [0.05, 0.1) is 11.6 Å². The summed E-state index contributed by atoms with van der Waals surface area (Å²) in [6.07, 6.45) is 0. The lowest BCUT2D eigenvalue weighted by molar-refractivity contribution is -0.132. The van der Waals surface area contributed by atoms with Gasteiger partial charge in [-0.3, -0.25) is 14.5 Å². The van der Waals surface area contributed by atoms with Gasteiger partial charge < -0.3 is 5.11 Å². The van der Waals surface area contributed by atoms with E-state index in [-0.39, 0.29) is 16.3 Å². The molecule has 0 spiro atoms. The van der Waals surface area contributed by atoms with E-state index in [0.717, 1.165) is 28.4 Å². The highest BCUT2D eigenvalue weighted by Gasteiger charge is 2.48. The monoisotopic (exact) mass is 399 g/mol. The number of benzene rings is 2. The number of nitrogens with zero attached hydrogens (tertiary/aromatic N) is 3. The van der Waals surface area contributed by atoms with Crippen LogP contribution in [0, 0.1) is 11.6 Å². The van der Waals surface area contributed by atoms with Gasteiger partial charge >= 0.3 is 5.91 Å². The summed E-state index contributed by atoms with van der Waals surface area (Å²) >= 11 is 1.04. The number of Topliss-reactive ketones (excluding diaryl/α,β-unsaturated/α-hetero) is 1. The van der Waals surface area contributed by atoms with Gasteiger partial charge in [0.25, 0.3) is 5.78 Å². The molecule has 1 fully saturated rings. The van der Waals surface area contributed by atoms with E-state index in [4.69, 9.17) is 0 Å². The Morgan fingerprint density at radius 2 is 1.61 bits per heavy atom. The van der Waals surface area contributed by atoms with Crippen molar-refractivity contribution in [3.63, 3.8) is 0 Å². The minimum absolute atomic E-state index is 0.162. The minimum atomic E-state index is -1.03. The van der Waals surface area contributed by atoms with Crippen molar-refractivity contribution in [2.45, 2.75) is 6.04 Å². The number of amides is 1. The highest BCUT2D eigenvalue weighted by molar-refractivity contribution is 7.13. The highest BCUT2D eigenvalue weighted by Crippen LogP contribution is 2.42. The molecular formula is C19H11F2N3O3S. The average molecular weight is 399 g/mol. The lowest BCUT2D eigenvalue weighted by Crippen LogP contribution is -2.29. The number of aliphatic hydroxyl groups is 1. The van der Waals surface area contributed by atoms with Crippen LogP contribution in [0.1, 0.15) is 17.2 Å². The highest BCUT2D eigenvalue weighted by atomic mass is 32.1. The number of aromatic nitrogens is 2. The molecule has 2 aromatic carbocycles. The summed E-state index contributed by atoms with van der Waals surface area (Å²) in [5, 5.41) is 18.5. The van der Waals surface area contributed by atoms with E-state index >= 15 is 0 Å². The molecular weight excluding hydrogens is 388 g/mol. The molecule has 0 unspecified atom stereocenters. The van der Waals surface area contributed by atoms with Crippen LogP contribution in [0.15, 0.2) is 59.6 Å². The minimum Gasteiger partial charge on any atom is -0.507 e. The van der Waals surface area contributed by atoms with Crippen molar-refractivity contribution in [1.29, 1.82) is 0 Å². The Hall–Kier alpha value is -3.46. The summed E-state index contributed by atoms with van der Waals surface area (Å²) in [6, 6.07) is 9.02. The molecule has 140 valence electrons. The van der Waals surface area contributed by atoms with Crippen molar-refractivity contribution in [3.8, 4) is 0 Å². The van der Waals surface area contributed by atoms with Crippen LogP contribution in [0.3, 0.4) is 0 Å². The molecule has 6 nitrogen and oxygen atoms in total. The normalized spacial score (nSPS) is 18.6. The van der Waals surface area contributed by atoms with Crippen LogP contribution >= 0.6 is 11.3 Å². The largest absolute Gasteiger partial charge is 0.507 e. The molecule has 3 aromatic rings. The van der Waals surface area contributed by atoms with Crippen LogP contribution < -0.4 is 4.90 Å². The third-order valence-corrected chi connectivity index (χ3v) is 4.99. The zero-order chi connectivity index (χ0) is 19.8. The molecule has 0 aliphatic carbocycles. The van der Waals surface area contributed by atoms with Crippen LogP contribution in [-0.2, 0) is 9.59 Å². The summed E-state index contributed by atoms with van der Waals surface area (Å²) in [6.45, 7) is 0. The number of hydrogen-bond donors (Lipinski definition) is 1. The Morgan fingerprint density at radius 1 is 1.00 bits per heavy atom. The second-order valence-electron chi connectivity index (χ2n) is 5.95. The van der Waals surface area contributed by atoms with E-state index in [1.165, 1.54) is 41.9 Å². The van der Waals surface area contributed by atoms with Crippen LogP contribution in [-0.4, -0.2) is 27.0 Å². The second-order valence-corrected chi connectivity index (χ2v) is 6.76. The van der Waals surface area contributed by atoms with Gasteiger partial charge in [-0.25, -0.2) is 8.78 Å². The quantitative estimate of drug-likeness (QED) is 0.414. The molecule has 9 heteroatoms. The lowest BCUT2D eigenvalue weighted by Gasteiger charge is -2.22. The van der Waals surface area contributed by atoms with E-state index < -0.39 is 35.1 Å². The Bertz CT molecular complexity index is 1080. The Balaban J connectivity index is 1.93. The van der Waals surface area contributed by atoms with Gasteiger partial charge in [-0.2, -0.15) is 0 Å². The van der Waals surface area contributed by atoms with Gasteiger partial charge in [-0.1, -0.05) is 23.5 Å². The average Bonchev–Trinajstić information content (AvgIpc) is 3.30. The van der Waals surface area contributed by atoms with Gasteiger partial charge in [0.2, 0.25) is 5.13 Å². The van der Waals surface area contributed by atoms with Crippen LogP contribution in [0.4, 0.5) is 13.9 Å². The summed E-state index contributed by atoms with van der Waals surface area (Å²) in [5.41, 5.74) is 1.78. The molecule has 1 aromatic heterocycles.